The summed E-state index contributed by atoms with van der Waals surface area (Å²) < 4.78 is 30.7. The highest BCUT2D eigenvalue weighted by Gasteiger charge is 2.25. The number of aryl methyl sites for hydroxylation is 1. The second kappa shape index (κ2) is 7.97. The second-order valence-electron chi connectivity index (χ2n) is 7.21. The molecule has 0 atom stereocenters. The number of benzene rings is 1. The Hall–Kier alpha value is -2.95. The van der Waals surface area contributed by atoms with Crippen molar-refractivity contribution in [1.82, 2.24) is 9.55 Å². The first-order chi connectivity index (χ1) is 13.3. The van der Waals surface area contributed by atoms with Gasteiger partial charge in [-0.1, -0.05) is 29.3 Å². The minimum Gasteiger partial charge on any atom is -0.339 e. The Kier molecular flexibility index (Phi) is 5.63. The molecule has 0 fully saturated rings. The van der Waals surface area contributed by atoms with Gasteiger partial charge in [-0.2, -0.15) is 0 Å². The van der Waals surface area contributed by atoms with E-state index in [1.165, 1.54) is 6.08 Å². The Morgan fingerprint density at radius 2 is 1.75 bits per heavy atom. The van der Waals surface area contributed by atoms with Crippen LogP contribution in [-0.2, 0) is 0 Å². The van der Waals surface area contributed by atoms with Gasteiger partial charge in [0.15, 0.2) is 0 Å². The van der Waals surface area contributed by atoms with Crippen molar-refractivity contribution in [3.63, 3.8) is 0 Å². The maximum Gasteiger partial charge on any atom is 0.143 e. The average molecular weight is 381 g/mol. The number of aromatic nitrogens is 2. The number of rotatable bonds is 4. The highest BCUT2D eigenvalue weighted by molar-refractivity contribution is 5.86. The molecular weight excluding hydrogens is 356 g/mol. The van der Waals surface area contributed by atoms with E-state index < -0.39 is 11.7 Å². The lowest BCUT2D eigenvalue weighted by molar-refractivity contribution is 0.634. The molecule has 0 saturated heterocycles. The Labute approximate surface area is 164 Å². The summed E-state index contributed by atoms with van der Waals surface area (Å²) in [6.45, 7) is 9.75. The van der Waals surface area contributed by atoms with Gasteiger partial charge in [-0.25, -0.2) is 13.8 Å². The van der Waals surface area contributed by atoms with Crippen molar-refractivity contribution in [3.8, 4) is 0 Å². The molecular formula is C23H25F2N3. The molecule has 1 heterocycles. The Balaban J connectivity index is 2.26. The number of allylic oxidation sites excluding steroid dienone is 8. The molecule has 146 valence electrons. The van der Waals surface area contributed by atoms with Gasteiger partial charge >= 0.3 is 0 Å². The third kappa shape index (κ3) is 3.84. The number of para-hydroxylation sites is 1. The summed E-state index contributed by atoms with van der Waals surface area (Å²) in [7, 11) is 0. The second-order valence-corrected chi connectivity index (χ2v) is 7.21. The van der Waals surface area contributed by atoms with Crippen molar-refractivity contribution in [2.24, 2.45) is 0 Å². The van der Waals surface area contributed by atoms with Crippen molar-refractivity contribution < 1.29 is 8.78 Å². The molecule has 1 aromatic heterocycles. The first-order valence-corrected chi connectivity index (χ1v) is 9.28. The van der Waals surface area contributed by atoms with Gasteiger partial charge in [-0.15, -0.1) is 0 Å². The summed E-state index contributed by atoms with van der Waals surface area (Å²) in [5.74, 6) is 0.223. The number of nitrogens with zero attached hydrogens (tertiary/aromatic N) is 2. The average Bonchev–Trinajstić information content (AvgIpc) is 2.88. The van der Waals surface area contributed by atoms with Gasteiger partial charge in [0, 0.05) is 23.0 Å². The van der Waals surface area contributed by atoms with Gasteiger partial charge < -0.3 is 5.32 Å². The molecule has 0 saturated carbocycles. The third-order valence-electron chi connectivity index (χ3n) is 4.91. The largest absolute Gasteiger partial charge is 0.339 e. The smallest absolute Gasteiger partial charge is 0.143 e. The molecule has 28 heavy (non-hydrogen) atoms. The normalized spacial score (nSPS) is 14.4. The molecule has 1 aliphatic carbocycles. The summed E-state index contributed by atoms with van der Waals surface area (Å²) in [6, 6.07) is 9.68. The minimum absolute atomic E-state index is 0.337. The summed E-state index contributed by atoms with van der Waals surface area (Å²) in [5.41, 5.74) is 4.56. The lowest BCUT2D eigenvalue weighted by Crippen LogP contribution is -2.05. The third-order valence-corrected chi connectivity index (χ3v) is 4.91. The topological polar surface area (TPSA) is 29.9 Å². The van der Waals surface area contributed by atoms with Crippen LogP contribution in [0.3, 0.4) is 0 Å². The first-order valence-electron chi connectivity index (χ1n) is 9.28. The molecule has 1 aromatic carbocycles. The molecule has 0 amide bonds. The molecule has 2 aromatic rings. The Morgan fingerprint density at radius 3 is 2.39 bits per heavy atom. The van der Waals surface area contributed by atoms with E-state index in [2.05, 4.69) is 10.3 Å². The van der Waals surface area contributed by atoms with Crippen LogP contribution in [-0.4, -0.2) is 9.55 Å². The van der Waals surface area contributed by atoms with Gasteiger partial charge in [0.1, 0.15) is 29.0 Å². The zero-order valence-electron chi connectivity index (χ0n) is 16.9. The van der Waals surface area contributed by atoms with Crippen molar-refractivity contribution in [3.05, 3.63) is 76.8 Å². The van der Waals surface area contributed by atoms with E-state index in [1.807, 2.05) is 69.5 Å². The molecule has 1 N–H and O–H groups in total. The Morgan fingerprint density at radius 1 is 1.07 bits per heavy atom. The monoisotopic (exact) mass is 381 g/mol. The van der Waals surface area contributed by atoms with E-state index in [-0.39, 0.29) is 0 Å². The molecule has 3 rings (SSSR count). The zero-order valence-corrected chi connectivity index (χ0v) is 16.9. The molecule has 0 spiro atoms. The minimum atomic E-state index is -0.612. The van der Waals surface area contributed by atoms with Gasteiger partial charge in [0.05, 0.1) is 0 Å². The molecule has 0 bridgehead atoms. The Bertz CT molecular complexity index is 1020. The van der Waals surface area contributed by atoms with E-state index in [4.69, 9.17) is 0 Å². The number of anilines is 2. The van der Waals surface area contributed by atoms with Crippen molar-refractivity contribution in [1.29, 1.82) is 0 Å². The molecule has 1 aliphatic rings. The lowest BCUT2D eigenvalue weighted by atomic mass is 10.0. The van der Waals surface area contributed by atoms with Crippen molar-refractivity contribution in [2.45, 2.75) is 41.0 Å². The summed E-state index contributed by atoms with van der Waals surface area (Å²) in [5, 5.41) is 3.40. The van der Waals surface area contributed by atoms with E-state index in [0.29, 0.717) is 23.5 Å². The van der Waals surface area contributed by atoms with Crippen LogP contribution in [0.15, 0.2) is 65.3 Å². The van der Waals surface area contributed by atoms with Crippen LogP contribution in [0.2, 0.25) is 0 Å². The highest BCUT2D eigenvalue weighted by Crippen LogP contribution is 2.39. The fraction of sp³-hybridized carbons (Fsp3) is 0.261. The number of hydrogen-bond donors (Lipinski definition) is 1. The number of nitrogens with one attached hydrogen (secondary N) is 1. The van der Waals surface area contributed by atoms with Crippen LogP contribution in [0, 0.1) is 6.92 Å². The standard InChI is InChI=1S/C23H25F2N3/c1-14(2)16(4)28-17(5)26-22(23(28)27-19-9-7-6-8-10-19)21-15(3)11-12-18(24)13-20(21)25/h6-10,12-13,27H,11H2,1-5H3. The SMILES string of the molecule is CC(C)=C(C)n1c(C)nc(C2=C(C)CC=C(F)C=C2F)c1Nc1ccccc1. The van der Waals surface area contributed by atoms with Crippen LogP contribution >= 0.6 is 0 Å². The molecule has 0 radical (unpaired) electrons. The van der Waals surface area contributed by atoms with E-state index in [1.54, 1.807) is 0 Å². The van der Waals surface area contributed by atoms with Gasteiger partial charge in [0.2, 0.25) is 0 Å². The van der Waals surface area contributed by atoms with Gasteiger partial charge in [0.25, 0.3) is 0 Å². The van der Waals surface area contributed by atoms with Crippen molar-refractivity contribution >= 4 is 22.8 Å². The van der Waals surface area contributed by atoms with Crippen LogP contribution in [0.5, 0.6) is 0 Å². The van der Waals surface area contributed by atoms with Crippen LogP contribution in [0.25, 0.3) is 11.3 Å². The maximum atomic E-state index is 14.9. The summed E-state index contributed by atoms with van der Waals surface area (Å²) >= 11 is 0. The van der Waals surface area contributed by atoms with Crippen LogP contribution in [0.1, 0.15) is 45.6 Å². The zero-order chi connectivity index (χ0) is 20.4. The van der Waals surface area contributed by atoms with Gasteiger partial charge in [-0.05, 0) is 59.2 Å². The maximum absolute atomic E-state index is 14.9. The molecule has 5 heteroatoms. The highest BCUT2D eigenvalue weighted by atomic mass is 19.1. The quantitative estimate of drug-likeness (QED) is 0.613. The molecule has 3 nitrogen and oxygen atoms in total. The van der Waals surface area contributed by atoms with Crippen LogP contribution in [0.4, 0.5) is 20.3 Å². The fourth-order valence-electron chi connectivity index (χ4n) is 3.24. The predicted octanol–water partition coefficient (Wildman–Crippen LogP) is 7.09. The van der Waals surface area contributed by atoms with E-state index in [0.717, 1.165) is 34.4 Å². The molecule has 0 unspecified atom stereocenters. The summed E-state index contributed by atoms with van der Waals surface area (Å²) in [4.78, 5) is 4.68. The molecule has 0 aliphatic heterocycles. The van der Waals surface area contributed by atoms with Crippen molar-refractivity contribution in [2.75, 3.05) is 5.32 Å². The lowest BCUT2D eigenvalue weighted by Gasteiger charge is -2.16. The fourth-order valence-corrected chi connectivity index (χ4v) is 3.24. The van der Waals surface area contributed by atoms with Crippen LogP contribution < -0.4 is 5.32 Å². The number of hydrogen-bond acceptors (Lipinski definition) is 2. The predicted molar refractivity (Wildman–Crippen MR) is 113 cm³/mol. The first kappa shape index (κ1) is 19.8. The number of halogens is 2. The summed E-state index contributed by atoms with van der Waals surface area (Å²) in [6.07, 6.45) is 2.65. The number of imidazole rings is 1. The van der Waals surface area contributed by atoms with E-state index >= 15 is 0 Å². The van der Waals surface area contributed by atoms with E-state index in [9.17, 15) is 8.78 Å². The van der Waals surface area contributed by atoms with Gasteiger partial charge in [-0.3, -0.25) is 4.57 Å².